The standard InChI is InChI=1S/C14H16BrClN2O2/c1-9-14(15)13(18(2)17-9)7-11(19)8-20-12-5-3-10(16)4-6-12/h3-6,11,19H,7-8H2,1-2H3. The molecule has 0 saturated heterocycles. The van der Waals surface area contributed by atoms with Crippen molar-refractivity contribution in [3.63, 3.8) is 0 Å². The largest absolute Gasteiger partial charge is 0.491 e. The number of ether oxygens (including phenoxy) is 1. The fourth-order valence-electron chi connectivity index (χ4n) is 1.91. The van der Waals surface area contributed by atoms with E-state index < -0.39 is 6.10 Å². The van der Waals surface area contributed by atoms with Crippen molar-refractivity contribution >= 4 is 27.5 Å². The van der Waals surface area contributed by atoms with Crippen LogP contribution in [0.15, 0.2) is 28.7 Å². The third kappa shape index (κ3) is 3.75. The molecule has 0 aliphatic carbocycles. The monoisotopic (exact) mass is 358 g/mol. The van der Waals surface area contributed by atoms with E-state index in [4.69, 9.17) is 16.3 Å². The number of nitrogens with zero attached hydrogens (tertiary/aromatic N) is 2. The smallest absolute Gasteiger partial charge is 0.119 e. The topological polar surface area (TPSA) is 47.3 Å². The maximum atomic E-state index is 10.1. The highest BCUT2D eigenvalue weighted by atomic mass is 79.9. The highest BCUT2D eigenvalue weighted by Gasteiger charge is 2.15. The molecule has 1 aromatic carbocycles. The van der Waals surface area contributed by atoms with Crippen molar-refractivity contribution in [3.8, 4) is 5.75 Å². The Balaban J connectivity index is 1.92. The lowest BCUT2D eigenvalue weighted by molar-refractivity contribution is 0.106. The zero-order valence-electron chi connectivity index (χ0n) is 11.3. The zero-order chi connectivity index (χ0) is 14.7. The Hall–Kier alpha value is -1.04. The van der Waals surface area contributed by atoms with Gasteiger partial charge < -0.3 is 9.84 Å². The van der Waals surface area contributed by atoms with Crippen molar-refractivity contribution in [2.24, 2.45) is 7.05 Å². The Kier molecular flexibility index (Phi) is 5.07. The van der Waals surface area contributed by atoms with Crippen molar-refractivity contribution in [2.45, 2.75) is 19.4 Å². The molecule has 6 heteroatoms. The minimum absolute atomic E-state index is 0.221. The lowest BCUT2D eigenvalue weighted by Gasteiger charge is -2.13. The molecule has 2 aromatic rings. The van der Waals surface area contributed by atoms with E-state index in [9.17, 15) is 5.11 Å². The number of aliphatic hydroxyl groups excluding tert-OH is 1. The van der Waals surface area contributed by atoms with Gasteiger partial charge in [0.25, 0.3) is 0 Å². The van der Waals surface area contributed by atoms with Crippen LogP contribution in [-0.2, 0) is 13.5 Å². The number of hydrogen-bond donors (Lipinski definition) is 1. The molecular weight excluding hydrogens is 344 g/mol. The van der Waals surface area contributed by atoms with E-state index in [0.717, 1.165) is 15.9 Å². The Morgan fingerprint density at radius 3 is 2.60 bits per heavy atom. The number of halogens is 2. The first-order chi connectivity index (χ1) is 9.47. The first kappa shape index (κ1) is 15.4. The van der Waals surface area contributed by atoms with E-state index >= 15 is 0 Å². The maximum Gasteiger partial charge on any atom is 0.119 e. The Morgan fingerprint density at radius 1 is 1.40 bits per heavy atom. The highest BCUT2D eigenvalue weighted by Crippen LogP contribution is 2.22. The third-order valence-electron chi connectivity index (χ3n) is 2.95. The van der Waals surface area contributed by atoms with Crippen molar-refractivity contribution in [3.05, 3.63) is 45.1 Å². The fourth-order valence-corrected chi connectivity index (χ4v) is 2.53. The molecule has 0 fully saturated rings. The minimum Gasteiger partial charge on any atom is -0.491 e. The van der Waals surface area contributed by atoms with E-state index in [2.05, 4.69) is 21.0 Å². The van der Waals surface area contributed by atoms with E-state index in [1.54, 1.807) is 28.9 Å². The predicted molar refractivity (Wildman–Crippen MR) is 82.3 cm³/mol. The van der Waals surface area contributed by atoms with Crippen molar-refractivity contribution < 1.29 is 9.84 Å². The molecule has 1 atom stereocenters. The second-order valence-corrected chi connectivity index (χ2v) is 5.82. The van der Waals surface area contributed by atoms with Crippen LogP contribution >= 0.6 is 27.5 Å². The SMILES string of the molecule is Cc1nn(C)c(CC(O)COc2ccc(Cl)cc2)c1Br. The summed E-state index contributed by atoms with van der Waals surface area (Å²) in [4.78, 5) is 0. The zero-order valence-corrected chi connectivity index (χ0v) is 13.6. The molecule has 20 heavy (non-hydrogen) atoms. The van der Waals surface area contributed by atoms with Crippen molar-refractivity contribution in [1.29, 1.82) is 0 Å². The molecule has 1 aromatic heterocycles. The summed E-state index contributed by atoms with van der Waals surface area (Å²) in [6.45, 7) is 2.14. The van der Waals surface area contributed by atoms with Gasteiger partial charge in [-0.3, -0.25) is 4.68 Å². The van der Waals surface area contributed by atoms with Gasteiger partial charge in [0.15, 0.2) is 0 Å². The van der Waals surface area contributed by atoms with Crippen LogP contribution in [0, 0.1) is 6.92 Å². The molecule has 0 radical (unpaired) electrons. The van der Waals surface area contributed by atoms with E-state index in [1.165, 1.54) is 0 Å². The van der Waals surface area contributed by atoms with Gasteiger partial charge in [-0.1, -0.05) is 11.6 Å². The van der Waals surface area contributed by atoms with Crippen LogP contribution in [0.4, 0.5) is 0 Å². The van der Waals surface area contributed by atoms with E-state index in [0.29, 0.717) is 17.2 Å². The van der Waals surface area contributed by atoms with Crippen LogP contribution in [-0.4, -0.2) is 27.6 Å². The molecule has 0 amide bonds. The number of hydrogen-bond acceptors (Lipinski definition) is 3. The lowest BCUT2D eigenvalue weighted by atomic mass is 10.2. The van der Waals surface area contributed by atoms with Crippen LogP contribution < -0.4 is 4.74 Å². The summed E-state index contributed by atoms with van der Waals surface area (Å²) in [5.41, 5.74) is 1.86. The van der Waals surface area contributed by atoms with Gasteiger partial charge >= 0.3 is 0 Å². The number of aromatic nitrogens is 2. The molecule has 0 aliphatic heterocycles. The predicted octanol–water partition coefficient (Wildman–Crippen LogP) is 3.13. The summed E-state index contributed by atoms with van der Waals surface area (Å²) in [6.07, 6.45) is -0.123. The lowest BCUT2D eigenvalue weighted by Crippen LogP contribution is -2.21. The molecule has 4 nitrogen and oxygen atoms in total. The van der Waals surface area contributed by atoms with Gasteiger partial charge in [-0.25, -0.2) is 0 Å². The van der Waals surface area contributed by atoms with Gasteiger partial charge in [0.05, 0.1) is 22.0 Å². The maximum absolute atomic E-state index is 10.1. The number of benzene rings is 1. The fraction of sp³-hybridized carbons (Fsp3) is 0.357. The highest BCUT2D eigenvalue weighted by molar-refractivity contribution is 9.10. The summed E-state index contributed by atoms with van der Waals surface area (Å²) >= 11 is 9.28. The number of aryl methyl sites for hydroxylation is 2. The quantitative estimate of drug-likeness (QED) is 0.892. The van der Waals surface area contributed by atoms with Crippen LogP contribution in [0.25, 0.3) is 0 Å². The summed E-state index contributed by atoms with van der Waals surface area (Å²) in [6, 6.07) is 7.06. The molecule has 1 N–H and O–H groups in total. The summed E-state index contributed by atoms with van der Waals surface area (Å²) in [5.74, 6) is 0.689. The summed E-state index contributed by atoms with van der Waals surface area (Å²) < 4.78 is 8.23. The van der Waals surface area contributed by atoms with Gasteiger partial charge in [-0.15, -0.1) is 0 Å². The van der Waals surface area contributed by atoms with Crippen molar-refractivity contribution in [1.82, 2.24) is 9.78 Å². The van der Waals surface area contributed by atoms with Gasteiger partial charge in [0, 0.05) is 18.5 Å². The molecule has 0 bridgehead atoms. The minimum atomic E-state index is -0.600. The first-order valence-corrected chi connectivity index (χ1v) is 7.39. The molecule has 2 rings (SSSR count). The molecule has 1 heterocycles. The molecule has 108 valence electrons. The molecule has 0 spiro atoms. The summed E-state index contributed by atoms with van der Waals surface area (Å²) in [5, 5.41) is 15.0. The summed E-state index contributed by atoms with van der Waals surface area (Å²) in [7, 11) is 1.86. The molecule has 0 saturated carbocycles. The van der Waals surface area contributed by atoms with Crippen LogP contribution in [0.1, 0.15) is 11.4 Å². The average Bonchev–Trinajstić information content (AvgIpc) is 2.65. The first-order valence-electron chi connectivity index (χ1n) is 6.21. The number of rotatable bonds is 5. The second kappa shape index (κ2) is 6.61. The average molecular weight is 360 g/mol. The molecule has 0 aliphatic rings. The van der Waals surface area contributed by atoms with Gasteiger partial charge in [0.2, 0.25) is 0 Å². The van der Waals surface area contributed by atoms with Crippen LogP contribution in [0.2, 0.25) is 5.02 Å². The van der Waals surface area contributed by atoms with Crippen LogP contribution in [0.5, 0.6) is 5.75 Å². The Bertz CT molecular complexity index is 584. The van der Waals surface area contributed by atoms with Gasteiger partial charge in [-0.2, -0.15) is 5.10 Å². The van der Waals surface area contributed by atoms with E-state index in [-0.39, 0.29) is 6.61 Å². The Morgan fingerprint density at radius 2 is 2.05 bits per heavy atom. The van der Waals surface area contributed by atoms with Crippen molar-refractivity contribution in [2.75, 3.05) is 6.61 Å². The van der Waals surface area contributed by atoms with Gasteiger partial charge in [-0.05, 0) is 47.1 Å². The molecular formula is C14H16BrClN2O2. The van der Waals surface area contributed by atoms with E-state index in [1.807, 2.05) is 14.0 Å². The van der Waals surface area contributed by atoms with Gasteiger partial charge in [0.1, 0.15) is 12.4 Å². The van der Waals surface area contributed by atoms with Crippen LogP contribution in [0.3, 0.4) is 0 Å². The normalized spacial score (nSPS) is 12.4. The third-order valence-corrected chi connectivity index (χ3v) is 4.23. The number of aliphatic hydroxyl groups is 1. The second-order valence-electron chi connectivity index (χ2n) is 4.59. The Labute approximate surface area is 131 Å². The molecule has 1 unspecified atom stereocenters.